The minimum absolute atomic E-state index is 0.504. The smallest absolute Gasteiger partial charge is 0.0340 e. The van der Waals surface area contributed by atoms with Gasteiger partial charge in [0.25, 0.3) is 0 Å². The van der Waals surface area contributed by atoms with E-state index in [1.165, 1.54) is 43.6 Å². The largest absolute Gasteiger partial charge is 0.271 e. The lowest BCUT2D eigenvalue weighted by Crippen LogP contribution is -2.47. The predicted octanol–water partition coefficient (Wildman–Crippen LogP) is 3.03. The zero-order valence-corrected chi connectivity index (χ0v) is 12.2. The van der Waals surface area contributed by atoms with E-state index in [0.29, 0.717) is 11.3 Å². The summed E-state index contributed by atoms with van der Waals surface area (Å²) < 4.78 is 0. The van der Waals surface area contributed by atoms with Crippen LogP contribution in [0.25, 0.3) is 0 Å². The van der Waals surface area contributed by atoms with Crippen LogP contribution >= 0.6 is 23.5 Å². The van der Waals surface area contributed by atoms with Gasteiger partial charge in [-0.2, -0.15) is 23.5 Å². The summed E-state index contributed by atoms with van der Waals surface area (Å²) in [6.45, 7) is 4.60. The number of thioether (sulfide) groups is 2. The Bertz CT molecular complexity index is 178. The van der Waals surface area contributed by atoms with Crippen LogP contribution in [0.4, 0.5) is 0 Å². The van der Waals surface area contributed by atoms with E-state index in [2.05, 4.69) is 42.8 Å². The SMILES string of the molecule is CCCCCCC(NN)C1SCCSC1C. The molecule has 0 spiro atoms. The average Bonchev–Trinajstić information content (AvgIpc) is 2.31. The molecule has 0 aromatic rings. The van der Waals surface area contributed by atoms with Gasteiger partial charge < -0.3 is 0 Å². The fourth-order valence-electron chi connectivity index (χ4n) is 2.23. The molecule has 0 bridgehead atoms. The summed E-state index contributed by atoms with van der Waals surface area (Å²) in [7, 11) is 0. The second kappa shape index (κ2) is 8.67. The highest BCUT2D eigenvalue weighted by Gasteiger charge is 2.29. The van der Waals surface area contributed by atoms with Crippen LogP contribution in [-0.2, 0) is 0 Å². The lowest BCUT2D eigenvalue weighted by molar-refractivity contribution is 0.449. The number of hydrazine groups is 1. The quantitative estimate of drug-likeness (QED) is 0.420. The van der Waals surface area contributed by atoms with Crippen molar-refractivity contribution in [3.8, 4) is 0 Å². The van der Waals surface area contributed by atoms with Gasteiger partial charge in [-0.25, -0.2) is 0 Å². The highest BCUT2D eigenvalue weighted by molar-refractivity contribution is 8.07. The molecular weight excluding hydrogens is 236 g/mol. The molecule has 1 fully saturated rings. The molecule has 0 aliphatic carbocycles. The van der Waals surface area contributed by atoms with Crippen LogP contribution in [0.3, 0.4) is 0 Å². The third-order valence-electron chi connectivity index (χ3n) is 3.22. The van der Waals surface area contributed by atoms with Crippen LogP contribution in [0, 0.1) is 0 Å². The van der Waals surface area contributed by atoms with E-state index in [-0.39, 0.29) is 0 Å². The Morgan fingerprint density at radius 2 is 2.00 bits per heavy atom. The Hall–Kier alpha value is 0.620. The van der Waals surface area contributed by atoms with Crippen LogP contribution < -0.4 is 11.3 Å². The van der Waals surface area contributed by atoms with Crippen LogP contribution in [0.2, 0.25) is 0 Å². The van der Waals surface area contributed by atoms with Gasteiger partial charge in [0.2, 0.25) is 0 Å². The van der Waals surface area contributed by atoms with Crippen molar-refractivity contribution < 1.29 is 0 Å². The molecule has 1 rings (SSSR count). The van der Waals surface area contributed by atoms with E-state index in [0.717, 1.165) is 5.25 Å². The molecule has 1 heterocycles. The topological polar surface area (TPSA) is 38.0 Å². The molecule has 3 atom stereocenters. The monoisotopic (exact) mass is 262 g/mol. The standard InChI is InChI=1S/C12H26N2S2/c1-3-4-5-6-7-11(14-13)12-10(2)15-8-9-16-12/h10-12,14H,3-9,13H2,1-2H3. The Labute approximate surface area is 109 Å². The predicted molar refractivity (Wildman–Crippen MR) is 78.0 cm³/mol. The van der Waals surface area contributed by atoms with Crippen molar-refractivity contribution in [3.05, 3.63) is 0 Å². The van der Waals surface area contributed by atoms with Gasteiger partial charge in [0.15, 0.2) is 0 Å². The summed E-state index contributed by atoms with van der Waals surface area (Å²) in [5.41, 5.74) is 3.04. The lowest BCUT2D eigenvalue weighted by Gasteiger charge is -2.34. The zero-order valence-electron chi connectivity index (χ0n) is 10.6. The first-order chi connectivity index (χ1) is 7.79. The first-order valence-electron chi connectivity index (χ1n) is 6.49. The van der Waals surface area contributed by atoms with Crippen molar-refractivity contribution in [2.75, 3.05) is 11.5 Å². The highest BCUT2D eigenvalue weighted by Crippen LogP contribution is 2.34. The van der Waals surface area contributed by atoms with Crippen LogP contribution in [0.1, 0.15) is 46.0 Å². The Balaban J connectivity index is 2.28. The van der Waals surface area contributed by atoms with Gasteiger partial charge >= 0.3 is 0 Å². The summed E-state index contributed by atoms with van der Waals surface area (Å²) >= 11 is 4.20. The fourth-order valence-corrected chi connectivity index (χ4v) is 5.21. The lowest BCUT2D eigenvalue weighted by atomic mass is 10.0. The maximum Gasteiger partial charge on any atom is 0.0340 e. The molecule has 0 saturated carbocycles. The second-order valence-corrected chi connectivity index (χ2v) is 7.30. The molecule has 0 radical (unpaired) electrons. The molecule has 4 heteroatoms. The minimum Gasteiger partial charge on any atom is -0.271 e. The van der Waals surface area contributed by atoms with Crippen LogP contribution in [0.15, 0.2) is 0 Å². The zero-order chi connectivity index (χ0) is 11.8. The molecule has 3 N–H and O–H groups in total. The first kappa shape index (κ1) is 14.7. The minimum atomic E-state index is 0.504. The number of unbranched alkanes of at least 4 members (excludes halogenated alkanes) is 3. The van der Waals surface area contributed by atoms with E-state index in [4.69, 9.17) is 5.84 Å². The summed E-state index contributed by atoms with van der Waals surface area (Å²) in [6.07, 6.45) is 6.58. The van der Waals surface area contributed by atoms with Crippen molar-refractivity contribution >= 4 is 23.5 Å². The van der Waals surface area contributed by atoms with E-state index >= 15 is 0 Å². The van der Waals surface area contributed by atoms with Crippen molar-refractivity contribution in [3.63, 3.8) is 0 Å². The van der Waals surface area contributed by atoms with Gasteiger partial charge in [0.05, 0.1) is 0 Å². The highest BCUT2D eigenvalue weighted by atomic mass is 32.2. The third kappa shape index (κ3) is 4.86. The summed E-state index contributed by atoms with van der Waals surface area (Å²) in [5, 5.41) is 1.44. The van der Waals surface area contributed by atoms with Crippen molar-refractivity contribution in [2.24, 2.45) is 5.84 Å². The normalized spacial score (nSPS) is 27.9. The summed E-state index contributed by atoms with van der Waals surface area (Å²) in [5.74, 6) is 8.29. The molecule has 3 unspecified atom stereocenters. The number of hydrogen-bond acceptors (Lipinski definition) is 4. The van der Waals surface area contributed by atoms with E-state index in [1.807, 2.05) is 0 Å². The summed E-state index contributed by atoms with van der Waals surface area (Å²) in [6, 6.07) is 0.504. The van der Waals surface area contributed by atoms with E-state index < -0.39 is 0 Å². The summed E-state index contributed by atoms with van der Waals surface area (Å²) in [4.78, 5) is 0. The van der Waals surface area contributed by atoms with E-state index in [9.17, 15) is 0 Å². The molecule has 96 valence electrons. The van der Waals surface area contributed by atoms with Crippen LogP contribution in [-0.4, -0.2) is 28.0 Å². The Morgan fingerprint density at radius 1 is 1.25 bits per heavy atom. The number of rotatable bonds is 7. The first-order valence-corrected chi connectivity index (χ1v) is 8.58. The second-order valence-electron chi connectivity index (χ2n) is 4.53. The molecule has 16 heavy (non-hydrogen) atoms. The van der Waals surface area contributed by atoms with Gasteiger partial charge in [-0.3, -0.25) is 11.3 Å². The van der Waals surface area contributed by atoms with Crippen molar-refractivity contribution in [1.82, 2.24) is 5.43 Å². The molecule has 0 amide bonds. The van der Waals surface area contributed by atoms with Gasteiger partial charge in [0, 0.05) is 28.0 Å². The Morgan fingerprint density at radius 3 is 2.62 bits per heavy atom. The number of nitrogens with two attached hydrogens (primary N) is 1. The molecular formula is C12H26N2S2. The average molecular weight is 262 g/mol. The number of hydrogen-bond donors (Lipinski definition) is 2. The van der Waals surface area contributed by atoms with Crippen LogP contribution in [0.5, 0.6) is 0 Å². The maximum absolute atomic E-state index is 5.71. The molecule has 1 aliphatic rings. The molecule has 0 aromatic heterocycles. The Kier molecular flexibility index (Phi) is 7.96. The molecule has 0 aromatic carbocycles. The fraction of sp³-hybridized carbons (Fsp3) is 1.00. The van der Waals surface area contributed by atoms with Gasteiger partial charge in [-0.1, -0.05) is 39.5 Å². The molecule has 1 saturated heterocycles. The van der Waals surface area contributed by atoms with Gasteiger partial charge in [-0.15, -0.1) is 0 Å². The van der Waals surface area contributed by atoms with Crippen molar-refractivity contribution in [1.29, 1.82) is 0 Å². The maximum atomic E-state index is 5.71. The van der Waals surface area contributed by atoms with Gasteiger partial charge in [0.1, 0.15) is 0 Å². The van der Waals surface area contributed by atoms with Crippen molar-refractivity contribution in [2.45, 2.75) is 62.5 Å². The van der Waals surface area contributed by atoms with Gasteiger partial charge in [-0.05, 0) is 6.42 Å². The third-order valence-corrected chi connectivity index (χ3v) is 6.47. The molecule has 2 nitrogen and oxygen atoms in total. The number of nitrogens with one attached hydrogen (secondary N) is 1. The van der Waals surface area contributed by atoms with E-state index in [1.54, 1.807) is 0 Å². The molecule has 1 aliphatic heterocycles.